The van der Waals surface area contributed by atoms with Crippen molar-refractivity contribution in [3.8, 4) is 0 Å². The Bertz CT molecular complexity index is 310. The van der Waals surface area contributed by atoms with Crippen molar-refractivity contribution in [2.24, 2.45) is 0 Å². The molecule has 0 atom stereocenters. The van der Waals surface area contributed by atoms with Gasteiger partial charge in [-0.05, 0) is 0 Å². The Kier molecular flexibility index (Phi) is 16.1. The Morgan fingerprint density at radius 2 is 1.00 bits per heavy atom. The number of carbonyl (C=O) groups is 4. The van der Waals surface area contributed by atoms with Gasteiger partial charge in [0.1, 0.15) is 0 Å². The fourth-order valence-electron chi connectivity index (χ4n) is 0.714. The van der Waals surface area contributed by atoms with Gasteiger partial charge in [0.05, 0.1) is 12.8 Å². The minimum absolute atomic E-state index is 0. The van der Waals surface area contributed by atoms with E-state index in [4.69, 9.17) is 35.4 Å². The van der Waals surface area contributed by atoms with Gasteiger partial charge in [-0.25, -0.2) is 9.59 Å². The van der Waals surface area contributed by atoms with Crippen molar-refractivity contribution in [2.45, 2.75) is 18.4 Å². The van der Waals surface area contributed by atoms with E-state index >= 15 is 0 Å². The first-order valence-electron chi connectivity index (χ1n) is 3.82. The summed E-state index contributed by atoms with van der Waals surface area (Å²) in [6, 6.07) is 0. The van der Waals surface area contributed by atoms with Crippen LogP contribution in [0.5, 0.6) is 0 Å². The summed E-state index contributed by atoms with van der Waals surface area (Å²) in [4.78, 5) is 39.0. The molecular formula is C7H14NNaO10. The zero-order chi connectivity index (χ0) is 14.2. The molecule has 0 radical (unpaired) electrons. The molecule has 0 aliphatic carbocycles. The third kappa shape index (κ3) is 16.6. The molecule has 0 heterocycles. The third-order valence-corrected chi connectivity index (χ3v) is 1.29. The Labute approximate surface area is 128 Å². The normalized spacial score (nSPS) is 8.68. The Morgan fingerprint density at radius 3 is 1.11 bits per heavy atom. The molecule has 0 fully saturated rings. The molecule has 12 heteroatoms. The van der Waals surface area contributed by atoms with Gasteiger partial charge in [0.15, 0.2) is 5.60 Å². The molecule has 0 aliphatic heterocycles. The van der Waals surface area contributed by atoms with Crippen LogP contribution in [-0.4, -0.2) is 89.9 Å². The van der Waals surface area contributed by atoms with Crippen molar-refractivity contribution in [1.29, 1.82) is 0 Å². The molecule has 0 aromatic heterocycles. The van der Waals surface area contributed by atoms with Crippen molar-refractivity contribution in [3.63, 3.8) is 0 Å². The van der Waals surface area contributed by atoms with Crippen molar-refractivity contribution in [1.82, 2.24) is 6.15 Å². The van der Waals surface area contributed by atoms with Crippen LogP contribution in [0.1, 0.15) is 12.8 Å². The van der Waals surface area contributed by atoms with Gasteiger partial charge in [-0.15, -0.1) is 0 Å². The molecule has 0 unspecified atom stereocenters. The summed E-state index contributed by atoms with van der Waals surface area (Å²) in [6.07, 6.45) is -4.12. The predicted molar refractivity (Wildman–Crippen MR) is 59.9 cm³/mol. The maximum absolute atomic E-state index is 10.3. The molecule has 0 spiro atoms. The molecule has 11 nitrogen and oxygen atoms in total. The zero-order valence-electron chi connectivity index (χ0n) is 8.94. The average molecular weight is 295 g/mol. The fraction of sp³-hybridized carbons (Fsp3) is 0.429. The first-order chi connectivity index (χ1) is 7.51. The van der Waals surface area contributed by atoms with Crippen molar-refractivity contribution in [2.75, 3.05) is 0 Å². The number of hydrogen-bond acceptors (Lipinski definition) is 6. The Balaban J connectivity index is -0.000000165. The van der Waals surface area contributed by atoms with Crippen LogP contribution in [0.3, 0.4) is 0 Å². The molecule has 108 valence electrons. The summed E-state index contributed by atoms with van der Waals surface area (Å²) in [6.45, 7) is 0. The van der Waals surface area contributed by atoms with Crippen LogP contribution in [0, 0.1) is 0 Å². The molecule has 0 aromatic carbocycles. The standard InChI is InChI=1S/C6H8O7.CH2O3.H3N.Na.H/c7-3(8)1-6(13,5(11)12)2-4(9)10;2-1(3)4;;;/h13H,1-2H2,(H,7,8)(H,9,10)(H,11,12);(H2,2,3,4);1H3;;. The Hall–Kier alpha value is -1.40. The summed E-state index contributed by atoms with van der Waals surface area (Å²) >= 11 is 0. The van der Waals surface area contributed by atoms with Gasteiger partial charge in [-0.1, -0.05) is 0 Å². The van der Waals surface area contributed by atoms with E-state index in [0.29, 0.717) is 0 Å². The molecule has 0 amide bonds. The second-order valence-corrected chi connectivity index (χ2v) is 2.76. The molecule has 19 heavy (non-hydrogen) atoms. The van der Waals surface area contributed by atoms with E-state index in [1.54, 1.807) is 0 Å². The summed E-state index contributed by atoms with van der Waals surface area (Å²) in [5.41, 5.74) is -2.74. The van der Waals surface area contributed by atoms with Crippen LogP contribution in [0.25, 0.3) is 0 Å². The number of aliphatic hydroxyl groups is 1. The molecular weight excluding hydrogens is 281 g/mol. The summed E-state index contributed by atoms with van der Waals surface area (Å²) in [5, 5.41) is 47.8. The van der Waals surface area contributed by atoms with Gasteiger partial charge >= 0.3 is 53.6 Å². The van der Waals surface area contributed by atoms with Crippen LogP contribution < -0.4 is 6.15 Å². The molecule has 0 aliphatic rings. The second kappa shape index (κ2) is 11.7. The van der Waals surface area contributed by atoms with Crippen LogP contribution in [-0.2, 0) is 14.4 Å². The number of rotatable bonds is 5. The summed E-state index contributed by atoms with van der Waals surface area (Å²) in [5.74, 6) is -5.02. The fourth-order valence-corrected chi connectivity index (χ4v) is 0.714. The number of carboxylic acid groups (broad SMARTS) is 5. The van der Waals surface area contributed by atoms with E-state index in [9.17, 15) is 14.4 Å². The summed E-state index contributed by atoms with van der Waals surface area (Å²) < 4.78 is 0. The average Bonchev–Trinajstić information content (AvgIpc) is 1.98. The van der Waals surface area contributed by atoms with Gasteiger partial charge in [0.2, 0.25) is 0 Å². The predicted octanol–water partition coefficient (Wildman–Crippen LogP) is -1.51. The quantitative estimate of drug-likeness (QED) is 0.288. The van der Waals surface area contributed by atoms with E-state index < -0.39 is 42.5 Å². The topological polar surface area (TPSA) is 225 Å². The van der Waals surface area contributed by atoms with Crippen LogP contribution in [0.4, 0.5) is 4.79 Å². The van der Waals surface area contributed by atoms with Crippen LogP contribution in [0.2, 0.25) is 0 Å². The molecule has 0 bridgehead atoms. The Morgan fingerprint density at radius 1 is 0.789 bits per heavy atom. The van der Waals surface area contributed by atoms with Crippen molar-refractivity contribution in [3.05, 3.63) is 0 Å². The molecule has 0 saturated carbocycles. The van der Waals surface area contributed by atoms with Gasteiger partial charge in [0.25, 0.3) is 0 Å². The second-order valence-electron chi connectivity index (χ2n) is 2.76. The third-order valence-electron chi connectivity index (χ3n) is 1.29. The van der Waals surface area contributed by atoms with Gasteiger partial charge in [0, 0.05) is 0 Å². The molecule has 0 aromatic rings. The van der Waals surface area contributed by atoms with E-state index in [1.165, 1.54) is 0 Å². The van der Waals surface area contributed by atoms with Gasteiger partial charge in [-0.2, -0.15) is 0 Å². The number of hydrogen-bond donors (Lipinski definition) is 7. The maximum atomic E-state index is 10.3. The molecule has 0 saturated heterocycles. The molecule has 9 N–H and O–H groups in total. The number of aliphatic carboxylic acids is 3. The van der Waals surface area contributed by atoms with Crippen LogP contribution >= 0.6 is 0 Å². The number of carboxylic acids is 3. The van der Waals surface area contributed by atoms with E-state index in [1.807, 2.05) is 0 Å². The van der Waals surface area contributed by atoms with E-state index in [0.717, 1.165) is 0 Å². The van der Waals surface area contributed by atoms with Gasteiger partial charge in [-0.3, -0.25) is 9.59 Å². The van der Waals surface area contributed by atoms with E-state index in [2.05, 4.69) is 0 Å². The molecule has 0 rings (SSSR count). The SMILES string of the molecule is N.O=C(O)CC(O)(CC(=O)O)C(=O)O.O=C(O)O.[NaH]. The van der Waals surface area contributed by atoms with Gasteiger partial charge < -0.3 is 36.8 Å². The van der Waals surface area contributed by atoms with Crippen molar-refractivity contribution >= 4 is 53.6 Å². The monoisotopic (exact) mass is 295 g/mol. The minimum atomic E-state index is -2.74. The first kappa shape index (κ1) is 26.2. The van der Waals surface area contributed by atoms with E-state index in [-0.39, 0.29) is 35.7 Å². The van der Waals surface area contributed by atoms with Crippen molar-refractivity contribution < 1.29 is 49.8 Å². The zero-order valence-corrected chi connectivity index (χ0v) is 8.94. The first-order valence-corrected chi connectivity index (χ1v) is 3.82. The summed E-state index contributed by atoms with van der Waals surface area (Å²) in [7, 11) is 0. The van der Waals surface area contributed by atoms with Crippen LogP contribution in [0.15, 0.2) is 0 Å².